The lowest BCUT2D eigenvalue weighted by atomic mass is 10.1. The van der Waals surface area contributed by atoms with Crippen LogP contribution in [0.3, 0.4) is 0 Å². The first-order valence-electron chi connectivity index (χ1n) is 12.0. The summed E-state index contributed by atoms with van der Waals surface area (Å²) in [6.07, 6.45) is 1.90. The molecule has 3 heterocycles. The van der Waals surface area contributed by atoms with Crippen molar-refractivity contribution in [1.82, 2.24) is 10.2 Å². The number of thioether (sulfide) groups is 1. The van der Waals surface area contributed by atoms with E-state index in [0.29, 0.717) is 33.9 Å². The highest BCUT2D eigenvalue weighted by atomic mass is 32.2. The number of amidine groups is 2. The van der Waals surface area contributed by atoms with Crippen LogP contribution in [-0.2, 0) is 20.9 Å². The van der Waals surface area contributed by atoms with Gasteiger partial charge in [-0.2, -0.15) is 4.99 Å². The highest BCUT2D eigenvalue weighted by molar-refractivity contribution is 8.14. The first-order chi connectivity index (χ1) is 18.5. The van der Waals surface area contributed by atoms with Gasteiger partial charge in [-0.1, -0.05) is 30.0 Å². The third-order valence-electron chi connectivity index (χ3n) is 5.98. The van der Waals surface area contributed by atoms with Gasteiger partial charge in [-0.15, -0.1) is 0 Å². The molecule has 0 saturated heterocycles. The summed E-state index contributed by atoms with van der Waals surface area (Å²) >= 11 is 1.21. The van der Waals surface area contributed by atoms with E-state index < -0.39 is 6.04 Å². The molecule has 5 rings (SSSR count). The van der Waals surface area contributed by atoms with Gasteiger partial charge in [0.15, 0.2) is 5.17 Å². The molecule has 3 aromatic rings. The fourth-order valence-electron chi connectivity index (χ4n) is 4.16. The molecule has 0 fully saturated rings. The molecule has 0 aliphatic carbocycles. The van der Waals surface area contributed by atoms with Crippen molar-refractivity contribution < 1.29 is 23.5 Å². The maximum Gasteiger partial charge on any atom is 0.270 e. The van der Waals surface area contributed by atoms with Crippen LogP contribution in [0.2, 0.25) is 0 Å². The summed E-state index contributed by atoms with van der Waals surface area (Å²) in [7, 11) is 1.56. The quantitative estimate of drug-likeness (QED) is 0.431. The van der Waals surface area contributed by atoms with E-state index in [2.05, 4.69) is 15.6 Å². The van der Waals surface area contributed by atoms with Gasteiger partial charge in [-0.3, -0.25) is 19.3 Å². The summed E-state index contributed by atoms with van der Waals surface area (Å²) in [4.78, 5) is 48.9. The Hall–Kier alpha value is -4.38. The summed E-state index contributed by atoms with van der Waals surface area (Å²) in [5, 5.41) is 6.13. The van der Waals surface area contributed by atoms with Crippen LogP contribution in [0.15, 0.2) is 81.3 Å². The van der Waals surface area contributed by atoms with Crippen molar-refractivity contribution in [2.45, 2.75) is 25.4 Å². The fraction of sp³-hybridized carbons (Fsp3) is 0.222. The summed E-state index contributed by atoms with van der Waals surface area (Å²) < 4.78 is 10.4. The SMILES string of the molecule is COc1cccc(NC(=O)CSC2=Nc3ccccc3C3=NC(=O)C(CCC(=O)NCc4ccco4)N23)c1. The van der Waals surface area contributed by atoms with Crippen molar-refractivity contribution in [1.29, 1.82) is 0 Å². The molecule has 0 bridgehead atoms. The summed E-state index contributed by atoms with van der Waals surface area (Å²) in [5.41, 5.74) is 2.02. The van der Waals surface area contributed by atoms with Gasteiger partial charge in [0, 0.05) is 23.7 Å². The minimum absolute atomic E-state index is 0.0620. The molecule has 1 atom stereocenters. The lowest BCUT2D eigenvalue weighted by Crippen LogP contribution is -2.44. The van der Waals surface area contributed by atoms with Crippen LogP contribution in [0.1, 0.15) is 24.2 Å². The number of hydrogen-bond donors (Lipinski definition) is 2. The molecule has 10 nitrogen and oxygen atoms in total. The zero-order chi connectivity index (χ0) is 26.5. The van der Waals surface area contributed by atoms with E-state index in [0.717, 1.165) is 5.56 Å². The zero-order valence-corrected chi connectivity index (χ0v) is 21.4. The smallest absolute Gasteiger partial charge is 0.270 e. The topological polar surface area (TPSA) is 126 Å². The Balaban J connectivity index is 1.27. The predicted molar refractivity (Wildman–Crippen MR) is 145 cm³/mol. The van der Waals surface area contributed by atoms with Gasteiger partial charge >= 0.3 is 0 Å². The Labute approximate surface area is 223 Å². The molecule has 0 spiro atoms. The molecule has 1 aromatic heterocycles. The lowest BCUT2D eigenvalue weighted by molar-refractivity contribution is -0.122. The number of nitrogens with zero attached hydrogens (tertiary/aromatic N) is 3. The van der Waals surface area contributed by atoms with Gasteiger partial charge in [0.1, 0.15) is 23.4 Å². The zero-order valence-electron chi connectivity index (χ0n) is 20.5. The molecule has 0 radical (unpaired) electrons. The number of aliphatic imine (C=N–C) groups is 2. The van der Waals surface area contributed by atoms with Crippen molar-refractivity contribution in [2.75, 3.05) is 18.2 Å². The van der Waals surface area contributed by atoms with Crippen LogP contribution >= 0.6 is 11.8 Å². The van der Waals surface area contributed by atoms with E-state index in [1.54, 1.807) is 54.7 Å². The van der Waals surface area contributed by atoms with Gasteiger partial charge in [0.25, 0.3) is 5.91 Å². The van der Waals surface area contributed by atoms with Crippen LogP contribution in [0.5, 0.6) is 5.75 Å². The molecular weight excluding hydrogens is 506 g/mol. The number of fused-ring (bicyclic) bond motifs is 3. The van der Waals surface area contributed by atoms with Gasteiger partial charge in [-0.25, -0.2) is 4.99 Å². The number of rotatable bonds is 9. The molecule has 0 saturated carbocycles. The van der Waals surface area contributed by atoms with Crippen molar-refractivity contribution in [3.8, 4) is 5.75 Å². The van der Waals surface area contributed by atoms with Crippen LogP contribution in [0.4, 0.5) is 11.4 Å². The second kappa shape index (κ2) is 11.3. The molecule has 2 aliphatic heterocycles. The van der Waals surface area contributed by atoms with Crippen LogP contribution in [-0.4, -0.2) is 52.5 Å². The maximum atomic E-state index is 13.0. The minimum atomic E-state index is -0.694. The maximum absolute atomic E-state index is 13.0. The predicted octanol–water partition coefficient (Wildman–Crippen LogP) is 3.72. The Kier molecular flexibility index (Phi) is 7.55. The minimum Gasteiger partial charge on any atom is -0.497 e. The largest absolute Gasteiger partial charge is 0.497 e. The number of anilines is 1. The number of furan rings is 1. The Morgan fingerprint density at radius 1 is 1.08 bits per heavy atom. The van der Waals surface area contributed by atoms with Gasteiger partial charge in [-0.05, 0) is 42.8 Å². The number of para-hydroxylation sites is 1. The van der Waals surface area contributed by atoms with Crippen LogP contribution < -0.4 is 15.4 Å². The molecule has 2 aromatic carbocycles. The van der Waals surface area contributed by atoms with Gasteiger partial charge < -0.3 is 19.8 Å². The van der Waals surface area contributed by atoms with Crippen molar-refractivity contribution in [2.24, 2.45) is 9.98 Å². The first-order valence-corrected chi connectivity index (χ1v) is 13.0. The van der Waals surface area contributed by atoms with Crippen molar-refractivity contribution in [3.05, 3.63) is 78.3 Å². The molecule has 38 heavy (non-hydrogen) atoms. The molecule has 2 aliphatic rings. The van der Waals surface area contributed by atoms with Crippen molar-refractivity contribution >= 4 is 51.9 Å². The van der Waals surface area contributed by atoms with E-state index in [1.807, 2.05) is 24.3 Å². The van der Waals surface area contributed by atoms with E-state index in [9.17, 15) is 14.4 Å². The molecule has 3 amide bonds. The third kappa shape index (κ3) is 5.62. The number of methoxy groups -OCH3 is 1. The second-order valence-corrected chi connectivity index (χ2v) is 9.48. The number of nitrogens with one attached hydrogen (secondary N) is 2. The Morgan fingerprint density at radius 3 is 2.76 bits per heavy atom. The fourth-order valence-corrected chi connectivity index (χ4v) is 5.01. The van der Waals surface area contributed by atoms with Gasteiger partial charge in [0.05, 0.1) is 31.4 Å². The second-order valence-electron chi connectivity index (χ2n) is 8.53. The number of carbonyl (C=O) groups excluding carboxylic acids is 3. The molecule has 11 heteroatoms. The average Bonchev–Trinajstić information content (AvgIpc) is 3.57. The number of amides is 3. The summed E-state index contributed by atoms with van der Waals surface area (Å²) in [6, 6.07) is 17.3. The number of ether oxygens (including phenoxy) is 1. The van der Waals surface area contributed by atoms with Crippen molar-refractivity contribution in [3.63, 3.8) is 0 Å². The number of carbonyl (C=O) groups is 3. The van der Waals surface area contributed by atoms with E-state index in [1.165, 1.54) is 11.8 Å². The van der Waals surface area contributed by atoms with Crippen LogP contribution in [0, 0.1) is 0 Å². The summed E-state index contributed by atoms with van der Waals surface area (Å²) in [6.45, 7) is 0.272. The van der Waals surface area contributed by atoms with E-state index >= 15 is 0 Å². The molecular formula is C27H25N5O5S. The standard InChI is InChI=1S/C27H25N5O5S/c1-36-18-7-4-6-17(14-18)29-24(34)16-38-27-30-21-10-3-2-9-20(21)25-31-26(35)22(32(25)27)11-12-23(33)28-15-19-8-5-13-37-19/h2-10,13-14,22H,11-12,15-16H2,1H3,(H,28,33)(H,29,34). The number of benzene rings is 2. The van der Waals surface area contributed by atoms with Gasteiger partial charge in [0.2, 0.25) is 11.8 Å². The molecule has 1 unspecified atom stereocenters. The molecule has 194 valence electrons. The average molecular weight is 532 g/mol. The lowest BCUT2D eigenvalue weighted by Gasteiger charge is -2.31. The first kappa shape index (κ1) is 25.3. The molecule has 2 N–H and O–H groups in total. The van der Waals surface area contributed by atoms with E-state index in [-0.39, 0.29) is 42.9 Å². The summed E-state index contributed by atoms with van der Waals surface area (Å²) in [5.74, 6) is 1.04. The number of hydrogen-bond acceptors (Lipinski definition) is 8. The highest BCUT2D eigenvalue weighted by Crippen LogP contribution is 2.35. The Morgan fingerprint density at radius 2 is 1.95 bits per heavy atom. The van der Waals surface area contributed by atoms with Crippen LogP contribution in [0.25, 0.3) is 0 Å². The van der Waals surface area contributed by atoms with E-state index in [4.69, 9.17) is 14.1 Å². The highest BCUT2D eigenvalue weighted by Gasteiger charge is 2.41. The third-order valence-corrected chi connectivity index (χ3v) is 6.93. The Bertz CT molecular complexity index is 1420. The normalized spacial score (nSPS) is 15.8. The monoisotopic (exact) mass is 531 g/mol.